The highest BCUT2D eigenvalue weighted by Crippen LogP contribution is 2.21. The van der Waals surface area contributed by atoms with E-state index >= 15 is 0 Å². The molecule has 1 aromatic carbocycles. The number of pyridine rings is 1. The van der Waals surface area contributed by atoms with Gasteiger partial charge in [-0.05, 0) is 12.1 Å². The van der Waals surface area contributed by atoms with Crippen molar-refractivity contribution in [2.45, 2.75) is 11.3 Å². The predicted molar refractivity (Wildman–Crippen MR) is 69.2 cm³/mol. The lowest BCUT2D eigenvalue weighted by molar-refractivity contribution is -0.136. The van der Waals surface area contributed by atoms with Crippen molar-refractivity contribution in [3.63, 3.8) is 0 Å². The molecule has 0 aliphatic carbocycles. The van der Waals surface area contributed by atoms with Gasteiger partial charge in [-0.15, -0.1) is 0 Å². The molecule has 100 valence electrons. The predicted octanol–water partition coefficient (Wildman–Crippen LogP) is 0.988. The lowest BCUT2D eigenvalue weighted by Crippen LogP contribution is -2.26. The first-order valence-electron chi connectivity index (χ1n) is 5.55. The van der Waals surface area contributed by atoms with E-state index in [4.69, 9.17) is 5.11 Å². The summed E-state index contributed by atoms with van der Waals surface area (Å²) in [4.78, 5) is 14.4. The SMILES string of the molecule is O=C(O)CCNS(=O)(=O)c1cccc2cnccc12. The molecule has 7 heteroatoms. The smallest absolute Gasteiger partial charge is 0.304 e. The Balaban J connectivity index is 2.35. The zero-order chi connectivity index (χ0) is 13.9. The van der Waals surface area contributed by atoms with Crippen LogP contribution < -0.4 is 4.72 Å². The van der Waals surface area contributed by atoms with Crippen LogP contribution in [0.2, 0.25) is 0 Å². The highest BCUT2D eigenvalue weighted by atomic mass is 32.2. The van der Waals surface area contributed by atoms with Crippen molar-refractivity contribution >= 4 is 26.8 Å². The molecule has 0 saturated heterocycles. The van der Waals surface area contributed by atoms with E-state index in [1.165, 1.54) is 12.3 Å². The molecule has 0 spiro atoms. The van der Waals surface area contributed by atoms with Crippen molar-refractivity contribution in [3.05, 3.63) is 36.7 Å². The van der Waals surface area contributed by atoms with Crippen molar-refractivity contribution in [2.24, 2.45) is 0 Å². The highest BCUT2D eigenvalue weighted by Gasteiger charge is 2.16. The van der Waals surface area contributed by atoms with E-state index in [9.17, 15) is 13.2 Å². The van der Waals surface area contributed by atoms with Gasteiger partial charge in [0.05, 0.1) is 11.3 Å². The molecule has 0 aliphatic rings. The first kappa shape index (κ1) is 13.4. The summed E-state index contributed by atoms with van der Waals surface area (Å²) < 4.78 is 26.5. The lowest BCUT2D eigenvalue weighted by atomic mass is 10.2. The number of fused-ring (bicyclic) bond motifs is 1. The molecule has 0 unspecified atom stereocenters. The van der Waals surface area contributed by atoms with E-state index < -0.39 is 16.0 Å². The van der Waals surface area contributed by atoms with E-state index in [0.717, 1.165) is 0 Å². The van der Waals surface area contributed by atoms with Gasteiger partial charge in [-0.3, -0.25) is 9.78 Å². The third-order valence-electron chi connectivity index (χ3n) is 2.56. The minimum atomic E-state index is -3.72. The van der Waals surface area contributed by atoms with Gasteiger partial charge in [0.2, 0.25) is 10.0 Å². The number of carboxylic acid groups (broad SMARTS) is 1. The Hall–Kier alpha value is -1.99. The fraction of sp³-hybridized carbons (Fsp3) is 0.167. The van der Waals surface area contributed by atoms with Crippen molar-refractivity contribution in [1.29, 1.82) is 0 Å². The van der Waals surface area contributed by atoms with E-state index in [1.54, 1.807) is 24.4 Å². The molecule has 1 aromatic heterocycles. The monoisotopic (exact) mass is 280 g/mol. The first-order chi connectivity index (χ1) is 9.00. The van der Waals surface area contributed by atoms with Crippen molar-refractivity contribution in [3.8, 4) is 0 Å². The maximum atomic E-state index is 12.1. The second-order valence-electron chi connectivity index (χ2n) is 3.89. The number of hydrogen-bond donors (Lipinski definition) is 2. The molecule has 0 fully saturated rings. The lowest BCUT2D eigenvalue weighted by Gasteiger charge is -2.08. The molecular formula is C12H12N2O4S. The molecule has 0 atom stereocenters. The van der Waals surface area contributed by atoms with Crippen LogP contribution in [0.15, 0.2) is 41.6 Å². The summed E-state index contributed by atoms with van der Waals surface area (Å²) in [5.74, 6) is -1.05. The Labute approximate surface area is 110 Å². The number of rotatable bonds is 5. The van der Waals surface area contributed by atoms with Crippen LogP contribution in [-0.2, 0) is 14.8 Å². The van der Waals surface area contributed by atoms with Gasteiger partial charge < -0.3 is 5.11 Å². The van der Waals surface area contributed by atoms with Crippen molar-refractivity contribution < 1.29 is 18.3 Å². The highest BCUT2D eigenvalue weighted by molar-refractivity contribution is 7.89. The van der Waals surface area contributed by atoms with Crippen LogP contribution in [-0.4, -0.2) is 31.0 Å². The number of sulfonamides is 1. The number of nitrogens with zero attached hydrogens (tertiary/aromatic N) is 1. The molecule has 19 heavy (non-hydrogen) atoms. The normalized spacial score (nSPS) is 11.6. The summed E-state index contributed by atoms with van der Waals surface area (Å²) in [6.45, 7) is -0.140. The standard InChI is InChI=1S/C12H12N2O4S/c15-12(16)5-7-14-19(17,18)11-3-1-2-9-8-13-6-4-10(9)11/h1-4,6,8,14H,5,7H2,(H,15,16). The molecule has 0 aliphatic heterocycles. The van der Waals surface area contributed by atoms with Crippen LogP contribution in [0.1, 0.15) is 6.42 Å². The Morgan fingerprint density at radius 2 is 2.11 bits per heavy atom. The number of nitrogens with one attached hydrogen (secondary N) is 1. The van der Waals surface area contributed by atoms with Crippen LogP contribution in [0.4, 0.5) is 0 Å². The van der Waals surface area contributed by atoms with Crippen molar-refractivity contribution in [2.75, 3.05) is 6.54 Å². The molecule has 1 heterocycles. The maximum Gasteiger partial charge on any atom is 0.304 e. The van der Waals surface area contributed by atoms with E-state index in [2.05, 4.69) is 9.71 Å². The van der Waals surface area contributed by atoms with Crippen LogP contribution in [0.3, 0.4) is 0 Å². The van der Waals surface area contributed by atoms with Crippen LogP contribution in [0.5, 0.6) is 0 Å². The third-order valence-corrected chi connectivity index (χ3v) is 4.08. The van der Waals surface area contributed by atoms with Gasteiger partial charge in [0.15, 0.2) is 0 Å². The van der Waals surface area contributed by atoms with Gasteiger partial charge in [0.25, 0.3) is 0 Å². The molecule has 2 N–H and O–H groups in total. The summed E-state index contributed by atoms with van der Waals surface area (Å²) in [6.07, 6.45) is 2.83. The summed E-state index contributed by atoms with van der Waals surface area (Å²) in [5, 5.41) is 9.78. The number of aromatic nitrogens is 1. The number of benzene rings is 1. The van der Waals surface area contributed by atoms with E-state index in [0.29, 0.717) is 10.8 Å². The second-order valence-corrected chi connectivity index (χ2v) is 5.63. The number of aliphatic carboxylic acids is 1. The third kappa shape index (κ3) is 3.07. The molecule has 0 bridgehead atoms. The van der Waals surface area contributed by atoms with Crippen LogP contribution in [0, 0.1) is 0 Å². The average Bonchev–Trinajstić information content (AvgIpc) is 2.37. The number of carbonyl (C=O) groups is 1. The zero-order valence-electron chi connectivity index (χ0n) is 9.91. The molecular weight excluding hydrogens is 268 g/mol. The second kappa shape index (κ2) is 5.33. The van der Waals surface area contributed by atoms with Gasteiger partial charge in [-0.25, -0.2) is 13.1 Å². The van der Waals surface area contributed by atoms with E-state index in [-0.39, 0.29) is 17.9 Å². The quantitative estimate of drug-likeness (QED) is 0.851. The topological polar surface area (TPSA) is 96.4 Å². The molecule has 0 amide bonds. The summed E-state index contributed by atoms with van der Waals surface area (Å²) in [6, 6.07) is 6.47. The fourth-order valence-corrected chi connectivity index (χ4v) is 2.96. The number of carboxylic acids is 1. The molecule has 0 radical (unpaired) electrons. The van der Waals surface area contributed by atoms with Crippen LogP contribution in [0.25, 0.3) is 10.8 Å². The Kier molecular flexibility index (Phi) is 3.77. The Morgan fingerprint density at radius 3 is 2.84 bits per heavy atom. The fourth-order valence-electron chi connectivity index (χ4n) is 1.70. The Morgan fingerprint density at radius 1 is 1.32 bits per heavy atom. The van der Waals surface area contributed by atoms with Gasteiger partial charge in [-0.2, -0.15) is 0 Å². The van der Waals surface area contributed by atoms with Crippen molar-refractivity contribution in [1.82, 2.24) is 9.71 Å². The minimum Gasteiger partial charge on any atom is -0.481 e. The van der Waals surface area contributed by atoms with Gasteiger partial charge >= 0.3 is 5.97 Å². The van der Waals surface area contributed by atoms with Gasteiger partial charge in [0.1, 0.15) is 0 Å². The molecule has 2 rings (SSSR count). The molecule has 0 saturated carbocycles. The largest absolute Gasteiger partial charge is 0.481 e. The molecule has 6 nitrogen and oxygen atoms in total. The van der Waals surface area contributed by atoms with E-state index in [1.807, 2.05) is 0 Å². The summed E-state index contributed by atoms with van der Waals surface area (Å²) in [5.41, 5.74) is 0. The molecule has 2 aromatic rings. The maximum absolute atomic E-state index is 12.1. The first-order valence-corrected chi connectivity index (χ1v) is 7.03. The Bertz CT molecular complexity index is 707. The van der Waals surface area contributed by atoms with Crippen LogP contribution >= 0.6 is 0 Å². The number of hydrogen-bond acceptors (Lipinski definition) is 4. The minimum absolute atomic E-state index is 0.123. The average molecular weight is 280 g/mol. The van der Waals surface area contributed by atoms with Gasteiger partial charge in [-0.1, -0.05) is 12.1 Å². The zero-order valence-corrected chi connectivity index (χ0v) is 10.7. The van der Waals surface area contributed by atoms with Gasteiger partial charge in [0, 0.05) is 29.7 Å². The summed E-state index contributed by atoms with van der Waals surface area (Å²) >= 11 is 0. The summed E-state index contributed by atoms with van der Waals surface area (Å²) in [7, 11) is -3.72.